The van der Waals surface area contributed by atoms with E-state index in [0.29, 0.717) is 18.7 Å². The fourth-order valence-corrected chi connectivity index (χ4v) is 2.08. The number of para-hydroxylation sites is 1. The number of nitrogens with zero attached hydrogens (tertiary/aromatic N) is 2. The number of hydrogen-bond acceptors (Lipinski definition) is 4. The molecule has 0 fully saturated rings. The van der Waals surface area contributed by atoms with E-state index < -0.39 is 6.10 Å². The van der Waals surface area contributed by atoms with Crippen molar-refractivity contribution in [1.29, 1.82) is 0 Å². The minimum atomic E-state index is -0.481. The van der Waals surface area contributed by atoms with E-state index in [0.717, 1.165) is 11.3 Å². The van der Waals surface area contributed by atoms with Gasteiger partial charge < -0.3 is 14.8 Å². The molecule has 1 atom stereocenters. The summed E-state index contributed by atoms with van der Waals surface area (Å²) in [6.07, 6.45) is 0.0565. The average molecular weight is 248 g/mol. The van der Waals surface area contributed by atoms with Crippen molar-refractivity contribution in [3.8, 4) is 0 Å². The topological polar surface area (TPSA) is 62.1 Å². The van der Waals surface area contributed by atoms with Crippen molar-refractivity contribution >= 4 is 17.3 Å². The molecular weight excluding hydrogens is 232 g/mol. The molecule has 0 aromatic heterocycles. The second kappa shape index (κ2) is 5.18. The van der Waals surface area contributed by atoms with Gasteiger partial charge in [-0.2, -0.15) is 0 Å². The molecule has 1 aliphatic rings. The molecule has 1 aromatic carbocycles. The lowest BCUT2D eigenvalue weighted by molar-refractivity contribution is -0.127. The van der Waals surface area contributed by atoms with E-state index in [1.165, 1.54) is 7.11 Å². The number of benzene rings is 1. The maximum Gasteiger partial charge on any atom is 0.255 e. The summed E-state index contributed by atoms with van der Waals surface area (Å²) in [7, 11) is 1.51. The SMILES string of the molecule is COC(C)C(=O)N1CC/C(=N/O)c2ccccc21. The lowest BCUT2D eigenvalue weighted by atomic mass is 9.99. The highest BCUT2D eigenvalue weighted by Crippen LogP contribution is 2.27. The van der Waals surface area contributed by atoms with Crippen LogP contribution in [-0.4, -0.2) is 36.6 Å². The van der Waals surface area contributed by atoms with Gasteiger partial charge in [0.2, 0.25) is 0 Å². The predicted molar refractivity (Wildman–Crippen MR) is 68.2 cm³/mol. The molecule has 0 bridgehead atoms. The molecule has 1 aromatic rings. The third-order valence-corrected chi connectivity index (χ3v) is 3.17. The monoisotopic (exact) mass is 248 g/mol. The van der Waals surface area contributed by atoms with Gasteiger partial charge in [0.15, 0.2) is 0 Å². The summed E-state index contributed by atoms with van der Waals surface area (Å²) in [5.41, 5.74) is 2.17. The highest BCUT2D eigenvalue weighted by molar-refractivity contribution is 6.11. The second-order valence-electron chi connectivity index (χ2n) is 4.18. The molecule has 0 saturated heterocycles. The molecule has 0 radical (unpaired) electrons. The number of fused-ring (bicyclic) bond motifs is 1. The second-order valence-corrected chi connectivity index (χ2v) is 4.18. The van der Waals surface area contributed by atoms with Gasteiger partial charge in [-0.05, 0) is 13.0 Å². The Morgan fingerprint density at radius 2 is 2.22 bits per heavy atom. The van der Waals surface area contributed by atoms with Crippen molar-refractivity contribution in [2.45, 2.75) is 19.4 Å². The van der Waals surface area contributed by atoms with Crippen molar-refractivity contribution < 1.29 is 14.7 Å². The number of methoxy groups -OCH3 is 1. The Labute approximate surface area is 106 Å². The summed E-state index contributed by atoms with van der Waals surface area (Å²) in [5.74, 6) is -0.0815. The molecule has 1 heterocycles. The number of hydrogen-bond donors (Lipinski definition) is 1. The van der Waals surface area contributed by atoms with Crippen molar-refractivity contribution in [2.24, 2.45) is 5.16 Å². The van der Waals surface area contributed by atoms with Crippen molar-refractivity contribution in [3.05, 3.63) is 29.8 Å². The summed E-state index contributed by atoms with van der Waals surface area (Å²) >= 11 is 0. The van der Waals surface area contributed by atoms with Gasteiger partial charge in [0.1, 0.15) is 6.10 Å². The fourth-order valence-electron chi connectivity index (χ4n) is 2.08. The molecule has 96 valence electrons. The Balaban J connectivity index is 2.39. The van der Waals surface area contributed by atoms with E-state index in [2.05, 4.69) is 5.16 Å². The van der Waals surface area contributed by atoms with Crippen LogP contribution in [0.4, 0.5) is 5.69 Å². The van der Waals surface area contributed by atoms with Gasteiger partial charge in [-0.1, -0.05) is 23.4 Å². The summed E-state index contributed by atoms with van der Waals surface area (Å²) in [5, 5.41) is 12.3. The first kappa shape index (κ1) is 12.6. The third kappa shape index (κ3) is 2.09. The van der Waals surface area contributed by atoms with Crippen LogP contribution in [0.2, 0.25) is 0 Å². The lowest BCUT2D eigenvalue weighted by Gasteiger charge is -2.31. The van der Waals surface area contributed by atoms with Crippen LogP contribution < -0.4 is 4.90 Å². The van der Waals surface area contributed by atoms with Crippen LogP contribution in [-0.2, 0) is 9.53 Å². The Kier molecular flexibility index (Phi) is 3.62. The first-order valence-corrected chi connectivity index (χ1v) is 5.83. The van der Waals surface area contributed by atoms with Gasteiger partial charge in [-0.15, -0.1) is 0 Å². The highest BCUT2D eigenvalue weighted by Gasteiger charge is 2.28. The first-order valence-electron chi connectivity index (χ1n) is 5.83. The number of carbonyl (C=O) groups excluding carboxylic acids is 1. The van der Waals surface area contributed by atoms with Crippen LogP contribution in [0.5, 0.6) is 0 Å². The quantitative estimate of drug-likeness (QED) is 0.639. The zero-order chi connectivity index (χ0) is 13.1. The van der Waals surface area contributed by atoms with Gasteiger partial charge in [0, 0.05) is 25.6 Å². The smallest absolute Gasteiger partial charge is 0.255 e. The molecular formula is C13H16N2O3. The summed E-state index contributed by atoms with van der Waals surface area (Å²) in [6.45, 7) is 2.23. The summed E-state index contributed by atoms with van der Waals surface area (Å²) < 4.78 is 5.06. The fraction of sp³-hybridized carbons (Fsp3) is 0.385. The van der Waals surface area contributed by atoms with Crippen LogP contribution in [0, 0.1) is 0 Å². The van der Waals surface area contributed by atoms with Crippen LogP contribution in [0.1, 0.15) is 18.9 Å². The van der Waals surface area contributed by atoms with E-state index in [1.54, 1.807) is 11.8 Å². The van der Waals surface area contributed by atoms with Crippen LogP contribution in [0.15, 0.2) is 29.4 Å². The van der Waals surface area contributed by atoms with Crippen LogP contribution in [0.3, 0.4) is 0 Å². The molecule has 1 N–H and O–H groups in total. The summed E-state index contributed by atoms with van der Waals surface area (Å²) in [6, 6.07) is 7.41. The maximum absolute atomic E-state index is 12.2. The van der Waals surface area contributed by atoms with E-state index in [4.69, 9.17) is 9.94 Å². The molecule has 18 heavy (non-hydrogen) atoms. The molecule has 2 rings (SSSR count). The first-order chi connectivity index (χ1) is 8.69. The summed E-state index contributed by atoms with van der Waals surface area (Å²) in [4.78, 5) is 13.9. The Morgan fingerprint density at radius 3 is 2.89 bits per heavy atom. The third-order valence-electron chi connectivity index (χ3n) is 3.17. The molecule has 0 spiro atoms. The van der Waals surface area contributed by atoms with Gasteiger partial charge in [-0.25, -0.2) is 0 Å². The molecule has 0 aliphatic carbocycles. The Hall–Kier alpha value is -1.88. The highest BCUT2D eigenvalue weighted by atomic mass is 16.5. The molecule has 1 aliphatic heterocycles. The molecule has 1 unspecified atom stereocenters. The minimum absolute atomic E-state index is 0.0815. The van der Waals surface area contributed by atoms with Crippen molar-refractivity contribution in [1.82, 2.24) is 0 Å². The number of anilines is 1. The van der Waals surface area contributed by atoms with Gasteiger partial charge in [-0.3, -0.25) is 4.79 Å². The van der Waals surface area contributed by atoms with E-state index in [-0.39, 0.29) is 5.91 Å². The predicted octanol–water partition coefficient (Wildman–Crippen LogP) is 1.64. The number of oxime groups is 1. The maximum atomic E-state index is 12.2. The molecule has 5 heteroatoms. The average Bonchev–Trinajstić information content (AvgIpc) is 2.44. The zero-order valence-corrected chi connectivity index (χ0v) is 10.5. The number of carbonyl (C=O) groups is 1. The standard InChI is InChI=1S/C13H16N2O3/c1-9(18-2)13(16)15-8-7-11(14-17)10-5-3-4-6-12(10)15/h3-6,9,17H,7-8H2,1-2H3/b14-11-. The van der Waals surface area contributed by atoms with Gasteiger partial charge >= 0.3 is 0 Å². The van der Waals surface area contributed by atoms with E-state index >= 15 is 0 Å². The Morgan fingerprint density at radius 1 is 1.50 bits per heavy atom. The van der Waals surface area contributed by atoms with Crippen LogP contribution in [0.25, 0.3) is 0 Å². The largest absolute Gasteiger partial charge is 0.411 e. The molecule has 0 saturated carbocycles. The van der Waals surface area contributed by atoms with E-state index in [1.807, 2.05) is 24.3 Å². The number of rotatable bonds is 2. The normalized spacial score (nSPS) is 18.6. The molecule has 5 nitrogen and oxygen atoms in total. The van der Waals surface area contributed by atoms with Crippen molar-refractivity contribution in [2.75, 3.05) is 18.6 Å². The van der Waals surface area contributed by atoms with Crippen LogP contribution >= 0.6 is 0 Å². The van der Waals surface area contributed by atoms with Crippen molar-refractivity contribution in [3.63, 3.8) is 0 Å². The molecule has 1 amide bonds. The number of amides is 1. The number of ether oxygens (including phenoxy) is 1. The minimum Gasteiger partial charge on any atom is -0.411 e. The van der Waals surface area contributed by atoms with E-state index in [9.17, 15) is 4.79 Å². The Bertz CT molecular complexity index is 485. The van der Waals surface area contributed by atoms with Gasteiger partial charge in [0.05, 0.1) is 11.4 Å². The lowest BCUT2D eigenvalue weighted by Crippen LogP contribution is -2.43. The van der Waals surface area contributed by atoms with Gasteiger partial charge in [0.25, 0.3) is 5.91 Å². The zero-order valence-electron chi connectivity index (χ0n) is 10.5.